The van der Waals surface area contributed by atoms with Crippen LogP contribution in [0.5, 0.6) is 5.75 Å². The topological polar surface area (TPSA) is 67.4 Å². The number of unbranched alkanes of at least 4 members (excludes halogenated alkanes) is 1. The highest BCUT2D eigenvalue weighted by atomic mass is 16.5. The number of rotatable bonds is 10. The van der Waals surface area contributed by atoms with Gasteiger partial charge in [-0.25, -0.2) is 0 Å². The summed E-state index contributed by atoms with van der Waals surface area (Å²) in [7, 11) is 0. The first-order chi connectivity index (χ1) is 14.4. The molecule has 1 atom stereocenters. The average Bonchev–Trinajstić information content (AvgIpc) is 3.56. The van der Waals surface area contributed by atoms with Crippen LogP contribution < -0.4 is 15.4 Å². The van der Waals surface area contributed by atoms with Crippen LogP contribution in [-0.2, 0) is 9.59 Å². The maximum Gasteiger partial charge on any atom is 0.227 e. The fourth-order valence-corrected chi connectivity index (χ4v) is 3.27. The molecule has 0 spiro atoms. The van der Waals surface area contributed by atoms with Gasteiger partial charge in [-0.15, -0.1) is 0 Å². The summed E-state index contributed by atoms with van der Waals surface area (Å²) in [5, 5.41) is 5.97. The van der Waals surface area contributed by atoms with Gasteiger partial charge in [0, 0.05) is 18.0 Å². The molecule has 2 N–H and O–H groups in total. The molecule has 0 radical (unpaired) electrons. The fourth-order valence-electron chi connectivity index (χ4n) is 3.27. The van der Waals surface area contributed by atoms with Gasteiger partial charge in [-0.3, -0.25) is 9.59 Å². The second-order valence-electron chi connectivity index (χ2n) is 8.25. The molecule has 5 nitrogen and oxygen atoms in total. The predicted octanol–water partition coefficient (Wildman–Crippen LogP) is 5.08. The number of aryl methyl sites for hydroxylation is 2. The number of nitrogens with one attached hydrogen (secondary N) is 2. The van der Waals surface area contributed by atoms with Crippen LogP contribution in [0, 0.1) is 19.8 Å². The van der Waals surface area contributed by atoms with E-state index in [4.69, 9.17) is 4.74 Å². The molecule has 2 amide bonds. The van der Waals surface area contributed by atoms with Gasteiger partial charge in [-0.05, 0) is 81.3 Å². The van der Waals surface area contributed by atoms with Crippen molar-refractivity contribution in [1.82, 2.24) is 5.32 Å². The molecule has 3 rings (SSSR count). The zero-order valence-corrected chi connectivity index (χ0v) is 18.2. The van der Waals surface area contributed by atoms with Crippen molar-refractivity contribution < 1.29 is 14.3 Å². The zero-order valence-electron chi connectivity index (χ0n) is 18.2. The molecule has 0 aromatic heterocycles. The number of ether oxygens (including phenoxy) is 1. The molecular weight excluding hydrogens is 376 g/mol. The highest BCUT2D eigenvalue weighted by Crippen LogP contribution is 2.30. The van der Waals surface area contributed by atoms with Gasteiger partial charge in [0.25, 0.3) is 0 Å². The van der Waals surface area contributed by atoms with E-state index in [0.29, 0.717) is 13.0 Å². The quantitative estimate of drug-likeness (QED) is 0.539. The number of amides is 2. The van der Waals surface area contributed by atoms with Gasteiger partial charge in [0.1, 0.15) is 5.75 Å². The molecule has 30 heavy (non-hydrogen) atoms. The Balaban J connectivity index is 1.34. The molecule has 1 fully saturated rings. The standard InChI is InChI=1S/C25H32N2O3/c1-17-7-8-18(2)23(16-17)30-15-5-4-6-24(28)26-19(3)20-11-13-22(14-12-20)27-25(29)21-9-10-21/h7-8,11-14,16,19,21H,4-6,9-10,15H2,1-3H3,(H,26,28)(H,27,29). The highest BCUT2D eigenvalue weighted by Gasteiger charge is 2.29. The number of carbonyl (C=O) groups excluding carboxylic acids is 2. The summed E-state index contributed by atoms with van der Waals surface area (Å²) in [4.78, 5) is 24.1. The summed E-state index contributed by atoms with van der Waals surface area (Å²) in [6, 6.07) is 13.8. The lowest BCUT2D eigenvalue weighted by Gasteiger charge is -2.15. The molecule has 0 heterocycles. The summed E-state index contributed by atoms with van der Waals surface area (Å²) < 4.78 is 5.85. The van der Waals surface area contributed by atoms with Crippen LogP contribution in [0.25, 0.3) is 0 Å². The van der Waals surface area contributed by atoms with Gasteiger partial charge in [0.05, 0.1) is 12.6 Å². The third-order valence-electron chi connectivity index (χ3n) is 5.40. The van der Waals surface area contributed by atoms with E-state index in [1.54, 1.807) is 0 Å². The lowest BCUT2D eigenvalue weighted by Crippen LogP contribution is -2.26. The van der Waals surface area contributed by atoms with E-state index in [9.17, 15) is 9.59 Å². The Morgan fingerprint density at radius 3 is 2.50 bits per heavy atom. The third kappa shape index (κ3) is 6.61. The van der Waals surface area contributed by atoms with Crippen molar-refractivity contribution in [2.24, 2.45) is 5.92 Å². The largest absolute Gasteiger partial charge is 0.493 e. The summed E-state index contributed by atoms with van der Waals surface area (Å²) in [6.45, 7) is 6.67. The normalized spacial score (nSPS) is 14.1. The molecule has 5 heteroatoms. The first-order valence-corrected chi connectivity index (χ1v) is 10.8. The van der Waals surface area contributed by atoms with E-state index >= 15 is 0 Å². The van der Waals surface area contributed by atoms with E-state index < -0.39 is 0 Å². The van der Waals surface area contributed by atoms with Gasteiger partial charge < -0.3 is 15.4 Å². The Hall–Kier alpha value is -2.82. The Morgan fingerprint density at radius 2 is 1.80 bits per heavy atom. The van der Waals surface area contributed by atoms with Gasteiger partial charge in [0.15, 0.2) is 0 Å². The minimum atomic E-state index is -0.0723. The van der Waals surface area contributed by atoms with E-state index in [-0.39, 0.29) is 23.8 Å². The number of anilines is 1. The molecule has 1 unspecified atom stereocenters. The van der Waals surface area contributed by atoms with Crippen LogP contribution in [0.2, 0.25) is 0 Å². The Morgan fingerprint density at radius 1 is 1.07 bits per heavy atom. The van der Waals surface area contributed by atoms with E-state index in [0.717, 1.165) is 48.2 Å². The molecule has 2 aromatic rings. The Labute approximate surface area is 179 Å². The first kappa shape index (κ1) is 21.9. The van der Waals surface area contributed by atoms with E-state index in [1.165, 1.54) is 5.56 Å². The van der Waals surface area contributed by atoms with Crippen LogP contribution in [0.1, 0.15) is 61.8 Å². The van der Waals surface area contributed by atoms with Crippen molar-refractivity contribution in [1.29, 1.82) is 0 Å². The number of benzene rings is 2. The smallest absolute Gasteiger partial charge is 0.227 e. The van der Waals surface area contributed by atoms with Crippen LogP contribution in [0.3, 0.4) is 0 Å². The number of carbonyl (C=O) groups is 2. The van der Waals surface area contributed by atoms with Crippen LogP contribution in [0.15, 0.2) is 42.5 Å². The average molecular weight is 409 g/mol. The van der Waals surface area contributed by atoms with Crippen LogP contribution >= 0.6 is 0 Å². The minimum Gasteiger partial charge on any atom is -0.493 e. The summed E-state index contributed by atoms with van der Waals surface area (Å²) in [6.07, 6.45) is 4.09. The molecule has 160 valence electrons. The maximum atomic E-state index is 12.2. The molecule has 1 aliphatic rings. The molecule has 0 aliphatic heterocycles. The molecular formula is C25H32N2O3. The zero-order chi connectivity index (χ0) is 21.5. The molecule has 1 saturated carbocycles. The van der Waals surface area contributed by atoms with Crippen LogP contribution in [-0.4, -0.2) is 18.4 Å². The van der Waals surface area contributed by atoms with Crippen molar-refractivity contribution in [2.45, 2.75) is 58.9 Å². The van der Waals surface area contributed by atoms with Crippen molar-refractivity contribution in [2.75, 3.05) is 11.9 Å². The van der Waals surface area contributed by atoms with Gasteiger partial charge in [-0.2, -0.15) is 0 Å². The first-order valence-electron chi connectivity index (χ1n) is 10.8. The number of hydrogen-bond donors (Lipinski definition) is 2. The summed E-state index contributed by atoms with van der Waals surface area (Å²) >= 11 is 0. The van der Waals surface area contributed by atoms with Crippen molar-refractivity contribution in [3.63, 3.8) is 0 Å². The lowest BCUT2D eigenvalue weighted by atomic mass is 10.1. The molecule has 0 saturated heterocycles. The molecule has 1 aliphatic carbocycles. The Kier molecular flexibility index (Phi) is 7.50. The second kappa shape index (κ2) is 10.3. The van der Waals surface area contributed by atoms with Gasteiger partial charge in [0.2, 0.25) is 11.8 Å². The number of hydrogen-bond acceptors (Lipinski definition) is 3. The van der Waals surface area contributed by atoms with Gasteiger partial charge >= 0.3 is 0 Å². The second-order valence-corrected chi connectivity index (χ2v) is 8.25. The van der Waals surface area contributed by atoms with E-state index in [1.807, 2.05) is 44.2 Å². The molecule has 0 bridgehead atoms. The third-order valence-corrected chi connectivity index (χ3v) is 5.40. The lowest BCUT2D eigenvalue weighted by molar-refractivity contribution is -0.122. The maximum absolute atomic E-state index is 12.2. The van der Waals surface area contributed by atoms with E-state index in [2.05, 4.69) is 29.7 Å². The van der Waals surface area contributed by atoms with Crippen molar-refractivity contribution >= 4 is 17.5 Å². The van der Waals surface area contributed by atoms with Crippen molar-refractivity contribution in [3.8, 4) is 5.75 Å². The Bertz CT molecular complexity index is 872. The monoisotopic (exact) mass is 408 g/mol. The summed E-state index contributed by atoms with van der Waals surface area (Å²) in [5.74, 6) is 1.25. The fraction of sp³-hybridized carbons (Fsp3) is 0.440. The summed E-state index contributed by atoms with van der Waals surface area (Å²) in [5.41, 5.74) is 4.14. The minimum absolute atomic E-state index is 0.0420. The highest BCUT2D eigenvalue weighted by molar-refractivity contribution is 5.94. The van der Waals surface area contributed by atoms with Crippen molar-refractivity contribution in [3.05, 3.63) is 59.2 Å². The van der Waals surface area contributed by atoms with Gasteiger partial charge in [-0.1, -0.05) is 24.3 Å². The SMILES string of the molecule is Cc1ccc(C)c(OCCCCC(=O)NC(C)c2ccc(NC(=O)C3CC3)cc2)c1. The van der Waals surface area contributed by atoms with Crippen LogP contribution in [0.4, 0.5) is 5.69 Å². The molecule has 2 aromatic carbocycles. The predicted molar refractivity (Wildman–Crippen MR) is 120 cm³/mol.